The Labute approximate surface area is 95.5 Å². The van der Waals surface area contributed by atoms with Crippen LogP contribution >= 0.6 is 0 Å². The van der Waals surface area contributed by atoms with Crippen molar-refractivity contribution in [3.05, 3.63) is 54.4 Å². The van der Waals surface area contributed by atoms with Crippen LogP contribution in [0.3, 0.4) is 0 Å². The smallest absolute Gasteiger partial charge is 0.208 e. The molecule has 0 atom stereocenters. The summed E-state index contributed by atoms with van der Waals surface area (Å²) >= 11 is 0. The molecule has 0 aromatic heterocycles. The molecular formula is C12H8LiN. The maximum absolute atomic E-state index is 8.57. The molecule has 1 nitrogen and oxygen atoms in total. The fourth-order valence-corrected chi connectivity index (χ4v) is 1.45. The second-order valence-electron chi connectivity index (χ2n) is 2.84. The largest absolute Gasteiger partial charge is 1.00 e. The SMILES string of the molecule is N#C[CH-]c1cccc2ccccc12.[Li+]. The molecule has 0 N–H and O–H groups in total. The molecule has 0 spiro atoms. The second kappa shape index (κ2) is 4.77. The molecule has 0 saturated heterocycles. The van der Waals surface area contributed by atoms with Gasteiger partial charge in [0.2, 0.25) is 0 Å². The van der Waals surface area contributed by atoms with Crippen molar-refractivity contribution in [2.45, 2.75) is 0 Å². The van der Waals surface area contributed by atoms with Crippen LogP contribution in [0.4, 0.5) is 0 Å². The van der Waals surface area contributed by atoms with Crippen molar-refractivity contribution in [3.63, 3.8) is 0 Å². The maximum Gasteiger partial charge on any atom is 1.00 e. The van der Waals surface area contributed by atoms with E-state index in [9.17, 15) is 0 Å². The number of fused-ring (bicyclic) bond motifs is 1. The van der Waals surface area contributed by atoms with Gasteiger partial charge in [0.1, 0.15) is 0 Å². The molecule has 0 aliphatic rings. The molecule has 0 unspecified atom stereocenters. The summed E-state index contributed by atoms with van der Waals surface area (Å²) in [5.74, 6) is 0. The fourth-order valence-electron chi connectivity index (χ4n) is 1.45. The van der Waals surface area contributed by atoms with E-state index >= 15 is 0 Å². The van der Waals surface area contributed by atoms with Crippen LogP contribution < -0.4 is 18.9 Å². The van der Waals surface area contributed by atoms with Gasteiger partial charge in [-0.1, -0.05) is 36.1 Å². The number of nitrogens with zero attached hydrogens (tertiary/aromatic N) is 1. The molecule has 2 aromatic carbocycles. The van der Waals surface area contributed by atoms with E-state index < -0.39 is 0 Å². The number of hydrogen-bond acceptors (Lipinski definition) is 1. The van der Waals surface area contributed by atoms with Crippen LogP contribution in [-0.4, -0.2) is 0 Å². The third-order valence-corrected chi connectivity index (χ3v) is 2.04. The van der Waals surface area contributed by atoms with Crippen molar-refractivity contribution >= 4 is 10.8 Å². The predicted molar refractivity (Wildman–Crippen MR) is 53.0 cm³/mol. The monoisotopic (exact) mass is 173 g/mol. The number of rotatable bonds is 1. The van der Waals surface area contributed by atoms with Crippen molar-refractivity contribution in [2.75, 3.05) is 0 Å². The average Bonchev–Trinajstić information content (AvgIpc) is 2.19. The van der Waals surface area contributed by atoms with Gasteiger partial charge in [-0.15, -0.1) is 17.5 Å². The molecule has 0 radical (unpaired) electrons. The Bertz CT molecular complexity index is 466. The molecule has 2 heteroatoms. The van der Waals surface area contributed by atoms with E-state index in [1.54, 1.807) is 6.42 Å². The summed E-state index contributed by atoms with van der Waals surface area (Å²) in [6.07, 6.45) is 1.57. The van der Waals surface area contributed by atoms with Crippen molar-refractivity contribution in [1.29, 1.82) is 5.26 Å². The van der Waals surface area contributed by atoms with Gasteiger partial charge in [0.05, 0.1) is 0 Å². The zero-order valence-electron chi connectivity index (χ0n) is 8.07. The maximum atomic E-state index is 8.57. The minimum atomic E-state index is 0. The molecule has 0 aliphatic heterocycles. The van der Waals surface area contributed by atoms with E-state index in [0.717, 1.165) is 10.9 Å². The van der Waals surface area contributed by atoms with E-state index in [-0.39, 0.29) is 18.9 Å². The Morgan fingerprint density at radius 3 is 2.50 bits per heavy atom. The zero-order valence-corrected chi connectivity index (χ0v) is 8.07. The summed E-state index contributed by atoms with van der Waals surface area (Å²) in [7, 11) is 0. The van der Waals surface area contributed by atoms with E-state index in [0.29, 0.717) is 0 Å². The Kier molecular flexibility index (Phi) is 3.66. The minimum Gasteiger partial charge on any atom is -0.208 e. The van der Waals surface area contributed by atoms with Crippen LogP contribution in [0.25, 0.3) is 10.8 Å². The summed E-state index contributed by atoms with van der Waals surface area (Å²) in [5, 5.41) is 10.9. The summed E-state index contributed by atoms with van der Waals surface area (Å²) in [4.78, 5) is 0. The standard InChI is InChI=1S/C12H8N.Li/c13-9-8-11-6-3-5-10-4-1-2-7-12(10)11;/h1-8H;/q-1;+1. The van der Waals surface area contributed by atoms with Gasteiger partial charge in [-0.25, -0.2) is 5.26 Å². The van der Waals surface area contributed by atoms with Gasteiger partial charge in [0.25, 0.3) is 0 Å². The predicted octanol–water partition coefficient (Wildman–Crippen LogP) is -0.0802. The second-order valence-corrected chi connectivity index (χ2v) is 2.84. The molecule has 0 heterocycles. The molecule has 0 aliphatic carbocycles. The Morgan fingerprint density at radius 2 is 1.71 bits per heavy atom. The van der Waals surface area contributed by atoms with Crippen molar-refractivity contribution < 1.29 is 18.9 Å². The molecule has 2 rings (SSSR count). The summed E-state index contributed by atoms with van der Waals surface area (Å²) < 4.78 is 0. The molecule has 14 heavy (non-hydrogen) atoms. The minimum absolute atomic E-state index is 0. The third kappa shape index (κ3) is 1.94. The van der Waals surface area contributed by atoms with Gasteiger partial charge >= 0.3 is 18.9 Å². The van der Waals surface area contributed by atoms with E-state index in [2.05, 4.69) is 6.07 Å². The first-order valence-corrected chi connectivity index (χ1v) is 4.12. The first kappa shape index (κ1) is 10.7. The topological polar surface area (TPSA) is 23.8 Å². The van der Waals surface area contributed by atoms with Crippen LogP contribution in [-0.2, 0) is 0 Å². The van der Waals surface area contributed by atoms with Gasteiger partial charge in [-0.3, -0.25) is 0 Å². The van der Waals surface area contributed by atoms with Crippen LogP contribution in [0.5, 0.6) is 0 Å². The molecular weight excluding hydrogens is 165 g/mol. The van der Waals surface area contributed by atoms with Gasteiger partial charge < -0.3 is 0 Å². The Balaban J connectivity index is 0.000000980. The van der Waals surface area contributed by atoms with E-state index in [1.165, 1.54) is 5.39 Å². The van der Waals surface area contributed by atoms with Gasteiger partial charge in [0.15, 0.2) is 0 Å². The van der Waals surface area contributed by atoms with Gasteiger partial charge in [-0.2, -0.15) is 11.6 Å². The third-order valence-electron chi connectivity index (χ3n) is 2.04. The Morgan fingerprint density at radius 1 is 1.00 bits per heavy atom. The van der Waals surface area contributed by atoms with Crippen molar-refractivity contribution in [1.82, 2.24) is 0 Å². The quantitative estimate of drug-likeness (QED) is 0.437. The van der Waals surface area contributed by atoms with Crippen molar-refractivity contribution in [3.8, 4) is 6.07 Å². The van der Waals surface area contributed by atoms with Crippen LogP contribution in [0.1, 0.15) is 5.56 Å². The average molecular weight is 173 g/mol. The summed E-state index contributed by atoms with van der Waals surface area (Å²) in [6.45, 7) is 0. The molecule has 0 amide bonds. The van der Waals surface area contributed by atoms with Crippen molar-refractivity contribution in [2.24, 2.45) is 0 Å². The fraction of sp³-hybridized carbons (Fsp3) is 0. The summed E-state index contributed by atoms with van der Waals surface area (Å²) in [6, 6.07) is 16.1. The van der Waals surface area contributed by atoms with E-state index in [4.69, 9.17) is 5.26 Å². The van der Waals surface area contributed by atoms with Crippen LogP contribution in [0.15, 0.2) is 42.5 Å². The first-order valence-electron chi connectivity index (χ1n) is 4.12. The van der Waals surface area contributed by atoms with Gasteiger partial charge in [0, 0.05) is 6.07 Å². The first-order chi connectivity index (χ1) is 6.42. The number of benzene rings is 2. The number of hydrogen-bond donors (Lipinski definition) is 0. The molecule has 0 fully saturated rings. The molecule has 0 saturated carbocycles. The number of nitriles is 1. The normalized spacial score (nSPS) is 8.79. The van der Waals surface area contributed by atoms with Crippen LogP contribution in [0, 0.1) is 17.8 Å². The molecule has 2 aromatic rings. The summed E-state index contributed by atoms with van der Waals surface area (Å²) in [5.41, 5.74) is 0.987. The molecule has 0 bridgehead atoms. The Hall–Kier alpha value is -1.34. The van der Waals surface area contributed by atoms with Gasteiger partial charge in [-0.05, 0) is 0 Å². The van der Waals surface area contributed by atoms with E-state index in [1.807, 2.05) is 42.5 Å². The molecule has 62 valence electrons. The van der Waals surface area contributed by atoms with Crippen LogP contribution in [0.2, 0.25) is 0 Å². The zero-order chi connectivity index (χ0) is 9.10.